The molecule has 1 aliphatic rings. The molecule has 0 radical (unpaired) electrons. The fourth-order valence-corrected chi connectivity index (χ4v) is 4.07. The van der Waals surface area contributed by atoms with Crippen molar-refractivity contribution in [1.29, 1.82) is 0 Å². The monoisotopic (exact) mass is 382 g/mol. The molecule has 150 valence electrons. The summed E-state index contributed by atoms with van der Waals surface area (Å²) in [6.07, 6.45) is 8.22. The molecule has 28 heavy (non-hydrogen) atoms. The second-order valence-electron chi connectivity index (χ2n) is 7.92. The van der Waals surface area contributed by atoms with Crippen LogP contribution in [0, 0.1) is 5.82 Å². The zero-order valence-electron chi connectivity index (χ0n) is 17.0. The van der Waals surface area contributed by atoms with E-state index in [1.54, 1.807) is 18.2 Å². The first kappa shape index (κ1) is 20.7. The summed E-state index contributed by atoms with van der Waals surface area (Å²) in [5.41, 5.74) is 3.13. The molecular formula is C25H31FO2. The minimum absolute atomic E-state index is 0.0207. The van der Waals surface area contributed by atoms with Crippen molar-refractivity contribution >= 4 is 5.78 Å². The molecule has 0 atom stereocenters. The molecule has 2 aromatic carbocycles. The Morgan fingerprint density at radius 3 is 2.36 bits per heavy atom. The van der Waals surface area contributed by atoms with Gasteiger partial charge in [0.2, 0.25) is 0 Å². The summed E-state index contributed by atoms with van der Waals surface area (Å²) in [6.45, 7) is 4.61. The van der Waals surface area contributed by atoms with E-state index in [2.05, 4.69) is 13.0 Å². The highest BCUT2D eigenvalue weighted by molar-refractivity contribution is 5.94. The van der Waals surface area contributed by atoms with Gasteiger partial charge in [-0.05, 0) is 62.1 Å². The Morgan fingerprint density at radius 1 is 1.04 bits per heavy atom. The van der Waals surface area contributed by atoms with Gasteiger partial charge in [0.05, 0.1) is 6.10 Å². The number of halogens is 1. The Labute approximate surface area is 168 Å². The van der Waals surface area contributed by atoms with Gasteiger partial charge in [-0.1, -0.05) is 56.2 Å². The molecule has 3 heteroatoms. The zero-order valence-corrected chi connectivity index (χ0v) is 17.0. The van der Waals surface area contributed by atoms with Gasteiger partial charge in [0.15, 0.2) is 5.78 Å². The van der Waals surface area contributed by atoms with E-state index in [1.807, 2.05) is 18.2 Å². The first-order valence-corrected chi connectivity index (χ1v) is 10.6. The van der Waals surface area contributed by atoms with Gasteiger partial charge in [-0.15, -0.1) is 0 Å². The van der Waals surface area contributed by atoms with Gasteiger partial charge in [-0.25, -0.2) is 4.39 Å². The predicted molar refractivity (Wildman–Crippen MR) is 112 cm³/mol. The first-order valence-electron chi connectivity index (χ1n) is 10.6. The van der Waals surface area contributed by atoms with Crippen LogP contribution in [-0.4, -0.2) is 18.5 Å². The minimum Gasteiger partial charge on any atom is -0.378 e. The van der Waals surface area contributed by atoms with Crippen LogP contribution in [0.3, 0.4) is 0 Å². The quantitative estimate of drug-likeness (QED) is 0.365. The van der Waals surface area contributed by atoms with E-state index < -0.39 is 0 Å². The third kappa shape index (κ3) is 5.29. The molecule has 0 unspecified atom stereocenters. The number of rotatable bonds is 8. The summed E-state index contributed by atoms with van der Waals surface area (Å²) in [6, 6.07) is 12.8. The van der Waals surface area contributed by atoms with Gasteiger partial charge in [0, 0.05) is 17.7 Å². The van der Waals surface area contributed by atoms with Crippen molar-refractivity contribution in [2.75, 3.05) is 6.61 Å². The van der Waals surface area contributed by atoms with Crippen molar-refractivity contribution < 1.29 is 13.9 Å². The SMILES string of the molecule is CCCCCO[C@H]1CC[C@H](c2ccc(-c3ccc(C(C)=O)cc3)c(F)c2)CC1. The Balaban J connectivity index is 1.59. The number of ketones is 1. The summed E-state index contributed by atoms with van der Waals surface area (Å²) in [5.74, 6) is 0.248. The Kier molecular flexibility index (Phi) is 7.38. The van der Waals surface area contributed by atoms with Crippen LogP contribution in [-0.2, 0) is 4.74 Å². The summed E-state index contributed by atoms with van der Waals surface area (Å²) in [5, 5.41) is 0. The highest BCUT2D eigenvalue weighted by Gasteiger charge is 2.23. The molecule has 0 amide bonds. The van der Waals surface area contributed by atoms with Crippen LogP contribution >= 0.6 is 0 Å². The van der Waals surface area contributed by atoms with Crippen LogP contribution in [0.4, 0.5) is 4.39 Å². The maximum atomic E-state index is 14.8. The van der Waals surface area contributed by atoms with E-state index >= 15 is 0 Å². The normalized spacial score (nSPS) is 19.5. The molecule has 0 aliphatic heterocycles. The lowest BCUT2D eigenvalue weighted by Gasteiger charge is -2.29. The van der Waals surface area contributed by atoms with Crippen LogP contribution in [0.25, 0.3) is 11.1 Å². The van der Waals surface area contributed by atoms with Crippen LogP contribution in [0.2, 0.25) is 0 Å². The number of carbonyl (C=O) groups excluding carboxylic acids is 1. The fourth-order valence-electron chi connectivity index (χ4n) is 4.07. The maximum Gasteiger partial charge on any atom is 0.159 e. The number of ether oxygens (including phenoxy) is 1. The van der Waals surface area contributed by atoms with Crippen molar-refractivity contribution in [1.82, 2.24) is 0 Å². The van der Waals surface area contributed by atoms with Crippen LogP contribution < -0.4 is 0 Å². The van der Waals surface area contributed by atoms with Crippen LogP contribution in [0.1, 0.15) is 80.6 Å². The van der Waals surface area contributed by atoms with E-state index in [9.17, 15) is 9.18 Å². The standard InChI is InChI=1S/C25H31FO2/c1-3-4-5-16-28-23-13-10-20(11-14-23)22-12-15-24(25(26)17-22)21-8-6-19(7-9-21)18(2)27/h6-9,12,15,17,20,23H,3-5,10-11,13-14,16H2,1-2H3/t20-,23-. The smallest absolute Gasteiger partial charge is 0.159 e. The number of Topliss-reactive ketones (excluding diaryl/α,β-unsaturated/α-hetero) is 1. The molecular weight excluding hydrogens is 351 g/mol. The highest BCUT2D eigenvalue weighted by atomic mass is 19.1. The summed E-state index contributed by atoms with van der Waals surface area (Å²) < 4.78 is 20.8. The lowest BCUT2D eigenvalue weighted by molar-refractivity contribution is 0.0227. The molecule has 0 saturated heterocycles. The lowest BCUT2D eigenvalue weighted by Crippen LogP contribution is -2.21. The molecule has 0 aromatic heterocycles. The fraction of sp³-hybridized carbons (Fsp3) is 0.480. The molecule has 1 saturated carbocycles. The number of hydrogen-bond acceptors (Lipinski definition) is 2. The molecule has 0 bridgehead atoms. The van der Waals surface area contributed by atoms with E-state index in [-0.39, 0.29) is 11.6 Å². The largest absolute Gasteiger partial charge is 0.378 e. The molecule has 0 spiro atoms. The van der Waals surface area contributed by atoms with Crippen molar-refractivity contribution in [2.24, 2.45) is 0 Å². The van der Waals surface area contributed by atoms with E-state index in [0.29, 0.717) is 23.1 Å². The van der Waals surface area contributed by atoms with Gasteiger partial charge in [-0.2, -0.15) is 0 Å². The van der Waals surface area contributed by atoms with Gasteiger partial charge >= 0.3 is 0 Å². The van der Waals surface area contributed by atoms with E-state index in [1.165, 1.54) is 19.8 Å². The third-order valence-electron chi connectivity index (χ3n) is 5.84. The Bertz CT molecular complexity index is 774. The average molecular weight is 383 g/mol. The maximum absolute atomic E-state index is 14.8. The molecule has 2 nitrogen and oxygen atoms in total. The molecule has 0 N–H and O–H groups in total. The Morgan fingerprint density at radius 2 is 1.75 bits per heavy atom. The van der Waals surface area contributed by atoms with Crippen molar-refractivity contribution in [2.45, 2.75) is 70.8 Å². The van der Waals surface area contributed by atoms with Gasteiger partial charge in [0.1, 0.15) is 5.82 Å². The first-order chi connectivity index (χ1) is 13.6. The highest BCUT2D eigenvalue weighted by Crippen LogP contribution is 2.36. The van der Waals surface area contributed by atoms with Gasteiger partial charge in [0.25, 0.3) is 0 Å². The Hall–Kier alpha value is -2.00. The molecule has 0 heterocycles. The van der Waals surface area contributed by atoms with E-state index in [0.717, 1.165) is 49.8 Å². The number of benzene rings is 2. The van der Waals surface area contributed by atoms with Crippen molar-refractivity contribution in [3.05, 3.63) is 59.4 Å². The van der Waals surface area contributed by atoms with Crippen molar-refractivity contribution in [3.8, 4) is 11.1 Å². The summed E-state index contributed by atoms with van der Waals surface area (Å²) in [7, 11) is 0. The van der Waals surface area contributed by atoms with Crippen molar-refractivity contribution in [3.63, 3.8) is 0 Å². The summed E-state index contributed by atoms with van der Waals surface area (Å²) >= 11 is 0. The number of unbranched alkanes of at least 4 members (excludes halogenated alkanes) is 2. The minimum atomic E-state index is -0.189. The zero-order chi connectivity index (χ0) is 19.9. The van der Waals surface area contributed by atoms with Crippen LogP contribution in [0.15, 0.2) is 42.5 Å². The van der Waals surface area contributed by atoms with E-state index in [4.69, 9.17) is 4.74 Å². The lowest BCUT2D eigenvalue weighted by atomic mass is 9.82. The topological polar surface area (TPSA) is 26.3 Å². The number of hydrogen-bond donors (Lipinski definition) is 0. The third-order valence-corrected chi connectivity index (χ3v) is 5.84. The number of carbonyl (C=O) groups is 1. The molecule has 1 aliphatic carbocycles. The van der Waals surface area contributed by atoms with Gasteiger partial charge < -0.3 is 4.74 Å². The molecule has 1 fully saturated rings. The average Bonchev–Trinajstić information content (AvgIpc) is 2.72. The molecule has 3 rings (SSSR count). The molecule has 2 aromatic rings. The summed E-state index contributed by atoms with van der Waals surface area (Å²) in [4.78, 5) is 11.4. The van der Waals surface area contributed by atoms with Crippen LogP contribution in [0.5, 0.6) is 0 Å². The second kappa shape index (κ2) is 9.97. The van der Waals surface area contributed by atoms with Gasteiger partial charge in [-0.3, -0.25) is 4.79 Å². The predicted octanol–water partition coefficient (Wildman–Crippen LogP) is 6.93. The second-order valence-corrected chi connectivity index (χ2v) is 7.92.